The van der Waals surface area contributed by atoms with Crippen LogP contribution >= 0.6 is 11.3 Å². The van der Waals surface area contributed by atoms with Crippen molar-refractivity contribution in [3.05, 3.63) is 48.1 Å². The van der Waals surface area contributed by atoms with Crippen LogP contribution in [0.5, 0.6) is 0 Å². The van der Waals surface area contributed by atoms with E-state index in [2.05, 4.69) is 42.4 Å². The Morgan fingerprint density at radius 1 is 1.40 bits per heavy atom. The van der Waals surface area contributed by atoms with E-state index in [9.17, 15) is 0 Å². The van der Waals surface area contributed by atoms with Crippen LogP contribution in [0.3, 0.4) is 0 Å². The summed E-state index contributed by atoms with van der Waals surface area (Å²) in [6.45, 7) is 7.89. The molecule has 0 aliphatic rings. The van der Waals surface area contributed by atoms with E-state index in [4.69, 9.17) is 4.42 Å². The van der Waals surface area contributed by atoms with Crippen LogP contribution in [-0.2, 0) is 6.54 Å². The van der Waals surface area contributed by atoms with Crippen LogP contribution in [0.2, 0.25) is 0 Å². The summed E-state index contributed by atoms with van der Waals surface area (Å²) in [7, 11) is 0. The van der Waals surface area contributed by atoms with Gasteiger partial charge >= 0.3 is 0 Å². The number of hydrogen-bond donors (Lipinski definition) is 1. The maximum Gasteiger partial charge on any atom is 0.144 e. The molecule has 0 saturated carbocycles. The number of rotatable bonds is 9. The van der Waals surface area contributed by atoms with Crippen molar-refractivity contribution in [2.45, 2.75) is 32.7 Å². The van der Waals surface area contributed by atoms with Crippen molar-refractivity contribution >= 4 is 11.3 Å². The van der Waals surface area contributed by atoms with E-state index in [1.807, 2.05) is 12.1 Å². The van der Waals surface area contributed by atoms with E-state index in [0.717, 1.165) is 36.9 Å². The SMILES string of the molecule is C=CCC(CC)CCNCc1ccc(-c2cccs2)o1. The molecule has 2 nitrogen and oxygen atoms in total. The third kappa shape index (κ3) is 4.36. The lowest BCUT2D eigenvalue weighted by atomic mass is 9.99. The second kappa shape index (κ2) is 8.08. The highest BCUT2D eigenvalue weighted by Crippen LogP contribution is 2.26. The minimum absolute atomic E-state index is 0.748. The van der Waals surface area contributed by atoms with Crippen LogP contribution in [0, 0.1) is 5.92 Å². The average Bonchev–Trinajstić information content (AvgIpc) is 3.12. The molecule has 0 aliphatic carbocycles. The fourth-order valence-electron chi connectivity index (χ4n) is 2.27. The second-order valence-corrected chi connectivity index (χ2v) is 5.96. The Balaban J connectivity index is 1.73. The fraction of sp³-hybridized carbons (Fsp3) is 0.412. The van der Waals surface area contributed by atoms with Gasteiger partial charge in [0.05, 0.1) is 11.4 Å². The van der Waals surface area contributed by atoms with E-state index < -0.39 is 0 Å². The van der Waals surface area contributed by atoms with Crippen molar-refractivity contribution in [3.63, 3.8) is 0 Å². The zero-order chi connectivity index (χ0) is 14.2. The number of allylic oxidation sites excluding steroid dienone is 1. The maximum absolute atomic E-state index is 5.84. The highest BCUT2D eigenvalue weighted by atomic mass is 32.1. The quantitative estimate of drug-likeness (QED) is 0.514. The van der Waals surface area contributed by atoms with Gasteiger partial charge in [0.25, 0.3) is 0 Å². The van der Waals surface area contributed by atoms with E-state index >= 15 is 0 Å². The second-order valence-electron chi connectivity index (χ2n) is 5.01. The lowest BCUT2D eigenvalue weighted by Crippen LogP contribution is -2.17. The van der Waals surface area contributed by atoms with Crippen LogP contribution in [-0.4, -0.2) is 6.54 Å². The third-order valence-corrected chi connectivity index (χ3v) is 4.42. The molecule has 1 N–H and O–H groups in total. The number of thiophene rings is 1. The minimum Gasteiger partial charge on any atom is -0.459 e. The van der Waals surface area contributed by atoms with Gasteiger partial charge in [0.15, 0.2) is 0 Å². The minimum atomic E-state index is 0.748. The monoisotopic (exact) mass is 289 g/mol. The summed E-state index contributed by atoms with van der Waals surface area (Å²) < 4.78 is 5.84. The van der Waals surface area contributed by atoms with Crippen molar-refractivity contribution in [2.24, 2.45) is 5.92 Å². The molecule has 20 heavy (non-hydrogen) atoms. The molecule has 2 rings (SSSR count). The Bertz CT molecular complexity index is 501. The molecule has 0 fully saturated rings. The van der Waals surface area contributed by atoms with Gasteiger partial charge in [0.2, 0.25) is 0 Å². The highest BCUT2D eigenvalue weighted by Gasteiger charge is 2.06. The Morgan fingerprint density at radius 3 is 3.00 bits per heavy atom. The summed E-state index contributed by atoms with van der Waals surface area (Å²) in [5.41, 5.74) is 0. The molecule has 2 aromatic heterocycles. The van der Waals surface area contributed by atoms with Crippen LogP contribution < -0.4 is 5.32 Å². The van der Waals surface area contributed by atoms with Crippen molar-refractivity contribution in [3.8, 4) is 10.6 Å². The Labute approximate surface area is 125 Å². The highest BCUT2D eigenvalue weighted by molar-refractivity contribution is 7.13. The van der Waals surface area contributed by atoms with Crippen LogP contribution in [0.25, 0.3) is 10.6 Å². The van der Waals surface area contributed by atoms with Gasteiger partial charge in [-0.05, 0) is 48.9 Å². The van der Waals surface area contributed by atoms with Gasteiger partial charge < -0.3 is 9.73 Å². The van der Waals surface area contributed by atoms with Gasteiger partial charge in [0, 0.05) is 0 Å². The first-order valence-electron chi connectivity index (χ1n) is 7.27. The lowest BCUT2D eigenvalue weighted by molar-refractivity contribution is 0.438. The van der Waals surface area contributed by atoms with Crippen molar-refractivity contribution in [1.29, 1.82) is 0 Å². The van der Waals surface area contributed by atoms with Crippen molar-refractivity contribution in [2.75, 3.05) is 6.54 Å². The molecule has 2 aromatic rings. The zero-order valence-electron chi connectivity index (χ0n) is 12.1. The van der Waals surface area contributed by atoms with Gasteiger partial charge in [-0.15, -0.1) is 17.9 Å². The molecule has 0 amide bonds. The average molecular weight is 289 g/mol. The number of hydrogen-bond acceptors (Lipinski definition) is 3. The van der Waals surface area contributed by atoms with E-state index in [-0.39, 0.29) is 0 Å². The summed E-state index contributed by atoms with van der Waals surface area (Å²) in [5, 5.41) is 5.53. The summed E-state index contributed by atoms with van der Waals surface area (Å²) >= 11 is 1.71. The predicted molar refractivity (Wildman–Crippen MR) is 86.9 cm³/mol. The molecular weight excluding hydrogens is 266 g/mol. The molecule has 0 aliphatic heterocycles. The summed E-state index contributed by atoms with van der Waals surface area (Å²) in [5.74, 6) is 2.72. The standard InChI is InChI=1S/C17H23NOS/c1-3-6-14(4-2)10-11-18-13-15-8-9-16(19-15)17-7-5-12-20-17/h3,5,7-9,12,14,18H,1,4,6,10-11,13H2,2H3. The Kier molecular flexibility index (Phi) is 6.09. The molecule has 0 aromatic carbocycles. The van der Waals surface area contributed by atoms with Crippen molar-refractivity contribution < 1.29 is 4.42 Å². The first kappa shape index (κ1) is 15.1. The molecule has 1 unspecified atom stereocenters. The van der Waals surface area contributed by atoms with Crippen molar-refractivity contribution in [1.82, 2.24) is 5.32 Å². The largest absolute Gasteiger partial charge is 0.459 e. The molecule has 1 atom stereocenters. The molecular formula is C17H23NOS. The number of nitrogens with one attached hydrogen (secondary N) is 1. The van der Waals surface area contributed by atoms with Crippen LogP contribution in [0.1, 0.15) is 31.9 Å². The van der Waals surface area contributed by atoms with Gasteiger partial charge in [-0.2, -0.15) is 0 Å². The lowest BCUT2D eigenvalue weighted by Gasteiger charge is -2.12. The topological polar surface area (TPSA) is 25.2 Å². The molecule has 3 heteroatoms. The van der Waals surface area contributed by atoms with Crippen LogP contribution in [0.15, 0.2) is 46.7 Å². The Morgan fingerprint density at radius 2 is 2.30 bits per heavy atom. The molecule has 0 bridgehead atoms. The first-order chi connectivity index (χ1) is 9.83. The first-order valence-corrected chi connectivity index (χ1v) is 8.15. The van der Waals surface area contributed by atoms with E-state index in [1.54, 1.807) is 11.3 Å². The van der Waals surface area contributed by atoms with Crippen LogP contribution in [0.4, 0.5) is 0 Å². The zero-order valence-corrected chi connectivity index (χ0v) is 12.9. The molecule has 0 radical (unpaired) electrons. The predicted octanol–water partition coefficient (Wildman–Crippen LogP) is 5.09. The molecule has 0 saturated heterocycles. The molecule has 0 spiro atoms. The van der Waals surface area contributed by atoms with Gasteiger partial charge in [0.1, 0.15) is 11.5 Å². The van der Waals surface area contributed by atoms with E-state index in [0.29, 0.717) is 0 Å². The van der Waals surface area contributed by atoms with E-state index in [1.165, 1.54) is 17.7 Å². The normalized spacial score (nSPS) is 12.4. The maximum atomic E-state index is 5.84. The van der Waals surface area contributed by atoms with Gasteiger partial charge in [-0.1, -0.05) is 25.5 Å². The Hall–Kier alpha value is -1.32. The van der Waals surface area contributed by atoms with Gasteiger partial charge in [-0.25, -0.2) is 0 Å². The van der Waals surface area contributed by atoms with Gasteiger partial charge in [-0.3, -0.25) is 0 Å². The summed E-state index contributed by atoms with van der Waals surface area (Å²) in [6, 6.07) is 8.24. The smallest absolute Gasteiger partial charge is 0.144 e. The fourth-order valence-corrected chi connectivity index (χ4v) is 2.95. The third-order valence-electron chi connectivity index (χ3n) is 3.53. The number of furan rings is 1. The summed E-state index contributed by atoms with van der Waals surface area (Å²) in [6.07, 6.45) is 5.55. The summed E-state index contributed by atoms with van der Waals surface area (Å²) in [4.78, 5) is 1.19. The molecule has 2 heterocycles. The molecule has 108 valence electrons.